The van der Waals surface area contributed by atoms with E-state index in [0.29, 0.717) is 18.9 Å². The Morgan fingerprint density at radius 3 is 2.53 bits per heavy atom. The van der Waals surface area contributed by atoms with Crippen molar-refractivity contribution in [1.82, 2.24) is 4.90 Å². The van der Waals surface area contributed by atoms with E-state index < -0.39 is 0 Å². The van der Waals surface area contributed by atoms with Gasteiger partial charge in [-0.3, -0.25) is 9.59 Å². The Morgan fingerprint density at radius 1 is 1.53 bits per heavy atom. The van der Waals surface area contributed by atoms with Crippen molar-refractivity contribution in [3.05, 3.63) is 0 Å². The molecule has 0 bridgehead atoms. The molecular formula is C11H20N2O2. The van der Waals surface area contributed by atoms with E-state index in [2.05, 4.69) is 13.8 Å². The topological polar surface area (TPSA) is 63.4 Å². The highest BCUT2D eigenvalue weighted by atomic mass is 16.2. The lowest BCUT2D eigenvalue weighted by molar-refractivity contribution is -0.128. The zero-order valence-electron chi connectivity index (χ0n) is 9.53. The van der Waals surface area contributed by atoms with Crippen molar-refractivity contribution in [2.24, 2.45) is 17.6 Å². The van der Waals surface area contributed by atoms with Gasteiger partial charge in [0.15, 0.2) is 0 Å². The Labute approximate surface area is 90.8 Å². The first kappa shape index (κ1) is 12.0. The molecule has 0 saturated carbocycles. The van der Waals surface area contributed by atoms with E-state index in [1.54, 1.807) is 4.90 Å². The summed E-state index contributed by atoms with van der Waals surface area (Å²) in [7, 11) is 0. The molecule has 0 spiro atoms. The van der Waals surface area contributed by atoms with Crippen LogP contribution in [0.15, 0.2) is 0 Å². The van der Waals surface area contributed by atoms with Crippen molar-refractivity contribution in [3.8, 4) is 0 Å². The molecule has 1 aliphatic heterocycles. The summed E-state index contributed by atoms with van der Waals surface area (Å²) in [5.74, 6) is -0.00599. The molecule has 1 rings (SSSR count). The lowest BCUT2D eigenvalue weighted by atomic mass is 10.0. The van der Waals surface area contributed by atoms with Gasteiger partial charge in [-0.05, 0) is 5.92 Å². The van der Waals surface area contributed by atoms with Gasteiger partial charge in [0.25, 0.3) is 0 Å². The largest absolute Gasteiger partial charge is 0.369 e. The van der Waals surface area contributed by atoms with E-state index in [0.717, 1.165) is 19.4 Å². The molecule has 4 nitrogen and oxygen atoms in total. The van der Waals surface area contributed by atoms with Crippen LogP contribution in [0.2, 0.25) is 0 Å². The number of hydrogen-bond acceptors (Lipinski definition) is 2. The summed E-state index contributed by atoms with van der Waals surface area (Å²) in [5.41, 5.74) is 5.20. The molecule has 1 atom stereocenters. The van der Waals surface area contributed by atoms with Crippen LogP contribution >= 0.6 is 0 Å². The molecule has 0 aliphatic carbocycles. The van der Waals surface area contributed by atoms with Crippen LogP contribution in [0.4, 0.5) is 0 Å². The highest BCUT2D eigenvalue weighted by Gasteiger charge is 2.33. The third-order valence-electron chi connectivity index (χ3n) is 3.25. The quantitative estimate of drug-likeness (QED) is 0.731. The maximum Gasteiger partial charge on any atom is 0.223 e. The van der Waals surface area contributed by atoms with Gasteiger partial charge in [-0.25, -0.2) is 0 Å². The molecule has 1 aliphatic rings. The zero-order chi connectivity index (χ0) is 11.4. The molecule has 2 amide bonds. The minimum Gasteiger partial charge on any atom is -0.369 e. The molecule has 2 N–H and O–H groups in total. The van der Waals surface area contributed by atoms with Crippen LogP contribution in [0.1, 0.15) is 33.1 Å². The van der Waals surface area contributed by atoms with Gasteiger partial charge in [0.2, 0.25) is 11.8 Å². The minimum atomic E-state index is -0.351. The second kappa shape index (κ2) is 5.14. The fourth-order valence-corrected chi connectivity index (χ4v) is 2.00. The van der Waals surface area contributed by atoms with E-state index in [4.69, 9.17) is 5.73 Å². The number of carbonyl (C=O) groups is 2. The van der Waals surface area contributed by atoms with Crippen molar-refractivity contribution in [1.29, 1.82) is 0 Å². The molecule has 1 fully saturated rings. The average Bonchev–Trinajstić information content (AvgIpc) is 2.56. The predicted octanol–water partition coefficient (Wildman–Crippen LogP) is 0.756. The third-order valence-corrected chi connectivity index (χ3v) is 3.25. The van der Waals surface area contributed by atoms with Gasteiger partial charge < -0.3 is 10.6 Å². The smallest absolute Gasteiger partial charge is 0.223 e. The monoisotopic (exact) mass is 212 g/mol. The molecule has 0 aromatic carbocycles. The molecule has 86 valence electrons. The van der Waals surface area contributed by atoms with E-state index in [9.17, 15) is 9.59 Å². The van der Waals surface area contributed by atoms with Gasteiger partial charge in [-0.2, -0.15) is 0 Å². The van der Waals surface area contributed by atoms with Crippen molar-refractivity contribution in [2.75, 3.05) is 13.1 Å². The summed E-state index contributed by atoms with van der Waals surface area (Å²) in [6.07, 6.45) is 2.44. The van der Waals surface area contributed by atoms with Crippen LogP contribution in [0.5, 0.6) is 0 Å². The summed E-state index contributed by atoms with van der Waals surface area (Å²) >= 11 is 0. The molecule has 0 radical (unpaired) electrons. The SMILES string of the molecule is CCC(CC)CN1CC(C(N)=O)CC1=O. The van der Waals surface area contributed by atoms with Crippen LogP contribution in [-0.2, 0) is 9.59 Å². The summed E-state index contributed by atoms with van der Waals surface area (Å²) in [6.45, 7) is 5.54. The lowest BCUT2D eigenvalue weighted by Crippen LogP contribution is -2.32. The first-order chi connectivity index (χ1) is 7.08. The van der Waals surface area contributed by atoms with E-state index in [-0.39, 0.29) is 17.7 Å². The van der Waals surface area contributed by atoms with Gasteiger partial charge in [-0.1, -0.05) is 26.7 Å². The maximum atomic E-state index is 11.6. The Morgan fingerprint density at radius 2 is 2.13 bits per heavy atom. The first-order valence-corrected chi connectivity index (χ1v) is 5.65. The normalized spacial score (nSPS) is 21.4. The molecule has 15 heavy (non-hydrogen) atoms. The van der Waals surface area contributed by atoms with E-state index in [1.807, 2.05) is 0 Å². The number of amides is 2. The third kappa shape index (κ3) is 2.94. The summed E-state index contributed by atoms with van der Waals surface area (Å²) < 4.78 is 0. The Balaban J connectivity index is 2.50. The number of carbonyl (C=O) groups excluding carboxylic acids is 2. The van der Waals surface area contributed by atoms with Crippen molar-refractivity contribution in [2.45, 2.75) is 33.1 Å². The number of likely N-dealkylation sites (tertiary alicyclic amines) is 1. The second-order valence-electron chi connectivity index (χ2n) is 4.28. The number of nitrogens with zero attached hydrogens (tertiary/aromatic N) is 1. The number of nitrogens with two attached hydrogens (primary N) is 1. The summed E-state index contributed by atoms with van der Waals surface area (Å²) in [4.78, 5) is 24.3. The predicted molar refractivity (Wildman–Crippen MR) is 58.0 cm³/mol. The number of hydrogen-bond donors (Lipinski definition) is 1. The lowest BCUT2D eigenvalue weighted by Gasteiger charge is -2.21. The Hall–Kier alpha value is -1.06. The van der Waals surface area contributed by atoms with Gasteiger partial charge >= 0.3 is 0 Å². The van der Waals surface area contributed by atoms with Crippen molar-refractivity contribution in [3.63, 3.8) is 0 Å². The number of rotatable bonds is 5. The van der Waals surface area contributed by atoms with E-state index >= 15 is 0 Å². The van der Waals surface area contributed by atoms with Gasteiger partial charge in [0.1, 0.15) is 0 Å². The molecule has 4 heteroatoms. The Kier molecular flexibility index (Phi) is 4.12. The average molecular weight is 212 g/mol. The standard InChI is InChI=1S/C11H20N2O2/c1-3-8(4-2)6-13-7-9(11(12)15)5-10(13)14/h8-9H,3-7H2,1-2H3,(H2,12,15). The minimum absolute atomic E-state index is 0.0747. The fourth-order valence-electron chi connectivity index (χ4n) is 2.00. The highest BCUT2D eigenvalue weighted by Crippen LogP contribution is 2.20. The molecule has 1 heterocycles. The van der Waals surface area contributed by atoms with Crippen LogP contribution in [-0.4, -0.2) is 29.8 Å². The molecule has 0 aromatic heterocycles. The molecule has 1 unspecified atom stereocenters. The van der Waals surface area contributed by atoms with Gasteiger partial charge in [-0.15, -0.1) is 0 Å². The Bertz CT molecular complexity index is 249. The maximum absolute atomic E-state index is 11.6. The fraction of sp³-hybridized carbons (Fsp3) is 0.818. The number of primary amides is 1. The van der Waals surface area contributed by atoms with Crippen LogP contribution < -0.4 is 5.73 Å². The van der Waals surface area contributed by atoms with Crippen molar-refractivity contribution >= 4 is 11.8 Å². The molecule has 1 saturated heterocycles. The van der Waals surface area contributed by atoms with Gasteiger partial charge in [0, 0.05) is 19.5 Å². The van der Waals surface area contributed by atoms with Crippen molar-refractivity contribution < 1.29 is 9.59 Å². The second-order valence-corrected chi connectivity index (χ2v) is 4.28. The molecule has 0 aromatic rings. The van der Waals surface area contributed by atoms with E-state index in [1.165, 1.54) is 0 Å². The summed E-state index contributed by atoms with van der Waals surface area (Å²) in [5, 5.41) is 0. The molecular weight excluding hydrogens is 192 g/mol. The first-order valence-electron chi connectivity index (χ1n) is 5.65. The van der Waals surface area contributed by atoms with Crippen LogP contribution in [0, 0.1) is 11.8 Å². The van der Waals surface area contributed by atoms with Crippen LogP contribution in [0.3, 0.4) is 0 Å². The summed E-state index contributed by atoms with van der Waals surface area (Å²) in [6, 6.07) is 0. The van der Waals surface area contributed by atoms with Gasteiger partial charge in [0.05, 0.1) is 5.92 Å². The van der Waals surface area contributed by atoms with Crippen LogP contribution in [0.25, 0.3) is 0 Å². The highest BCUT2D eigenvalue weighted by molar-refractivity contribution is 5.88. The zero-order valence-corrected chi connectivity index (χ0v) is 9.53.